The van der Waals surface area contributed by atoms with Crippen LogP contribution in [0.1, 0.15) is 19.2 Å². The van der Waals surface area contributed by atoms with Crippen LogP contribution in [0.2, 0.25) is 0 Å². The van der Waals surface area contributed by atoms with E-state index in [1.165, 1.54) is 17.8 Å². The molecule has 1 unspecified atom stereocenters. The fourth-order valence-corrected chi connectivity index (χ4v) is 3.16. The lowest BCUT2D eigenvalue weighted by molar-refractivity contribution is 0.281. The van der Waals surface area contributed by atoms with Crippen molar-refractivity contribution in [2.24, 2.45) is 18.2 Å². The van der Waals surface area contributed by atoms with Crippen molar-refractivity contribution in [1.82, 2.24) is 14.5 Å². The molecule has 1 aromatic carbocycles. The Kier molecular flexibility index (Phi) is 3.52. The summed E-state index contributed by atoms with van der Waals surface area (Å²) in [5.74, 6) is 1.17. The van der Waals surface area contributed by atoms with Crippen LogP contribution in [-0.4, -0.2) is 40.6 Å². The zero-order valence-corrected chi connectivity index (χ0v) is 12.5. The molecular formula is C16H24N4. The minimum Gasteiger partial charge on any atom is -0.331 e. The van der Waals surface area contributed by atoms with Gasteiger partial charge in [-0.15, -0.1) is 0 Å². The molecule has 0 aliphatic carbocycles. The van der Waals surface area contributed by atoms with Crippen LogP contribution in [0.25, 0.3) is 11.0 Å². The largest absolute Gasteiger partial charge is 0.331 e. The van der Waals surface area contributed by atoms with Gasteiger partial charge in [-0.1, -0.05) is 19.1 Å². The number of hydrogen-bond donors (Lipinski definition) is 1. The van der Waals surface area contributed by atoms with Crippen LogP contribution in [-0.2, 0) is 13.5 Å². The molecule has 1 aliphatic heterocycles. The summed E-state index contributed by atoms with van der Waals surface area (Å²) in [5.41, 5.74) is 8.50. The van der Waals surface area contributed by atoms with Gasteiger partial charge in [-0.3, -0.25) is 0 Å². The van der Waals surface area contributed by atoms with Gasteiger partial charge in [-0.25, -0.2) is 4.98 Å². The Hall–Kier alpha value is -1.39. The summed E-state index contributed by atoms with van der Waals surface area (Å²) in [6.45, 7) is 6.44. The highest BCUT2D eigenvalue weighted by atomic mass is 15.2. The molecule has 1 atom stereocenters. The fourth-order valence-electron chi connectivity index (χ4n) is 3.16. The van der Waals surface area contributed by atoms with Crippen LogP contribution < -0.4 is 5.73 Å². The van der Waals surface area contributed by atoms with Crippen molar-refractivity contribution in [3.8, 4) is 0 Å². The normalized spacial score (nSPS) is 23.8. The first-order valence-electron chi connectivity index (χ1n) is 7.44. The number of nitrogens with two attached hydrogens (primary N) is 1. The molecule has 4 heteroatoms. The lowest BCUT2D eigenvalue weighted by Crippen LogP contribution is -2.32. The molecule has 1 aromatic heterocycles. The van der Waals surface area contributed by atoms with E-state index in [0.717, 1.165) is 38.1 Å². The van der Waals surface area contributed by atoms with Gasteiger partial charge in [0.25, 0.3) is 0 Å². The van der Waals surface area contributed by atoms with Crippen LogP contribution in [0.5, 0.6) is 0 Å². The van der Waals surface area contributed by atoms with Gasteiger partial charge in [-0.05, 0) is 37.1 Å². The van der Waals surface area contributed by atoms with E-state index in [-0.39, 0.29) is 0 Å². The SMILES string of the molecule is Cn1c(CCN2CCC(C)(CN)C2)nc2ccccc21. The van der Waals surface area contributed by atoms with E-state index >= 15 is 0 Å². The number of hydrogen-bond acceptors (Lipinski definition) is 3. The van der Waals surface area contributed by atoms with Gasteiger partial charge in [0.05, 0.1) is 11.0 Å². The second-order valence-corrected chi connectivity index (χ2v) is 6.37. The number of benzene rings is 1. The topological polar surface area (TPSA) is 47.1 Å². The molecule has 20 heavy (non-hydrogen) atoms. The maximum Gasteiger partial charge on any atom is 0.110 e. The van der Waals surface area contributed by atoms with E-state index in [9.17, 15) is 0 Å². The molecule has 3 rings (SSSR count). The van der Waals surface area contributed by atoms with E-state index < -0.39 is 0 Å². The minimum atomic E-state index is 0.312. The lowest BCUT2D eigenvalue weighted by atomic mass is 9.90. The third-order valence-corrected chi connectivity index (χ3v) is 4.66. The number of para-hydroxylation sites is 2. The average Bonchev–Trinajstić information content (AvgIpc) is 2.99. The third kappa shape index (κ3) is 2.45. The summed E-state index contributed by atoms with van der Waals surface area (Å²) >= 11 is 0. The van der Waals surface area contributed by atoms with Gasteiger partial charge in [0.15, 0.2) is 0 Å². The molecule has 0 saturated carbocycles. The zero-order chi connectivity index (χ0) is 14.2. The molecular weight excluding hydrogens is 248 g/mol. The molecule has 0 amide bonds. The highest BCUT2D eigenvalue weighted by Crippen LogP contribution is 2.28. The van der Waals surface area contributed by atoms with Crippen molar-refractivity contribution in [2.75, 3.05) is 26.2 Å². The molecule has 0 bridgehead atoms. The quantitative estimate of drug-likeness (QED) is 0.923. The molecule has 0 radical (unpaired) electrons. The molecule has 2 N–H and O–H groups in total. The van der Waals surface area contributed by atoms with Crippen molar-refractivity contribution >= 4 is 11.0 Å². The van der Waals surface area contributed by atoms with Crippen molar-refractivity contribution in [2.45, 2.75) is 19.8 Å². The highest BCUT2D eigenvalue weighted by Gasteiger charge is 2.32. The Labute approximate surface area is 120 Å². The van der Waals surface area contributed by atoms with Crippen molar-refractivity contribution < 1.29 is 0 Å². The van der Waals surface area contributed by atoms with Crippen molar-refractivity contribution in [1.29, 1.82) is 0 Å². The number of aryl methyl sites for hydroxylation is 1. The second-order valence-electron chi connectivity index (χ2n) is 6.37. The lowest BCUT2D eigenvalue weighted by Gasteiger charge is -2.22. The first kappa shape index (κ1) is 13.6. The van der Waals surface area contributed by atoms with Crippen molar-refractivity contribution in [3.05, 3.63) is 30.1 Å². The van der Waals surface area contributed by atoms with Gasteiger partial charge in [0.1, 0.15) is 5.82 Å². The van der Waals surface area contributed by atoms with Crippen LogP contribution >= 0.6 is 0 Å². The Morgan fingerprint density at radius 2 is 2.15 bits per heavy atom. The number of fused-ring (bicyclic) bond motifs is 1. The van der Waals surface area contributed by atoms with Crippen LogP contribution in [0.4, 0.5) is 0 Å². The zero-order valence-electron chi connectivity index (χ0n) is 12.5. The number of likely N-dealkylation sites (tertiary alicyclic amines) is 1. The molecule has 1 saturated heterocycles. The average molecular weight is 272 g/mol. The summed E-state index contributed by atoms with van der Waals surface area (Å²) in [6, 6.07) is 8.33. The molecule has 108 valence electrons. The maximum absolute atomic E-state index is 5.87. The van der Waals surface area contributed by atoms with Crippen molar-refractivity contribution in [3.63, 3.8) is 0 Å². The maximum atomic E-state index is 5.87. The van der Waals surface area contributed by atoms with Crippen LogP contribution in [0.3, 0.4) is 0 Å². The van der Waals surface area contributed by atoms with Gasteiger partial charge >= 0.3 is 0 Å². The predicted octanol–water partition coefficient (Wildman–Crippen LogP) is 1.79. The minimum absolute atomic E-state index is 0.312. The van der Waals surface area contributed by atoms with E-state index in [4.69, 9.17) is 10.7 Å². The van der Waals surface area contributed by atoms with Crippen LogP contribution in [0.15, 0.2) is 24.3 Å². The molecule has 1 fully saturated rings. The summed E-state index contributed by atoms with van der Waals surface area (Å²) in [7, 11) is 2.11. The molecule has 0 spiro atoms. The first-order valence-corrected chi connectivity index (χ1v) is 7.44. The summed E-state index contributed by atoms with van der Waals surface area (Å²) in [6.07, 6.45) is 2.22. The highest BCUT2D eigenvalue weighted by molar-refractivity contribution is 5.75. The van der Waals surface area contributed by atoms with Gasteiger partial charge in [0, 0.05) is 26.6 Å². The van der Waals surface area contributed by atoms with Gasteiger partial charge in [0.2, 0.25) is 0 Å². The van der Waals surface area contributed by atoms with Gasteiger partial charge < -0.3 is 15.2 Å². The fraction of sp³-hybridized carbons (Fsp3) is 0.562. The van der Waals surface area contributed by atoms with Gasteiger partial charge in [-0.2, -0.15) is 0 Å². The third-order valence-electron chi connectivity index (χ3n) is 4.66. The van der Waals surface area contributed by atoms with E-state index in [1.54, 1.807) is 0 Å². The standard InChI is InChI=1S/C16H24N4/c1-16(11-17)8-10-20(12-16)9-7-15-18-13-5-3-4-6-14(13)19(15)2/h3-6H,7-12,17H2,1-2H3. The summed E-state index contributed by atoms with van der Waals surface area (Å²) < 4.78 is 2.22. The summed E-state index contributed by atoms with van der Waals surface area (Å²) in [4.78, 5) is 7.26. The predicted molar refractivity (Wildman–Crippen MR) is 82.6 cm³/mol. The van der Waals surface area contributed by atoms with Crippen LogP contribution in [0, 0.1) is 5.41 Å². The Balaban J connectivity index is 1.67. The summed E-state index contributed by atoms with van der Waals surface area (Å²) in [5, 5.41) is 0. The number of aromatic nitrogens is 2. The number of nitrogens with zero attached hydrogens (tertiary/aromatic N) is 3. The molecule has 4 nitrogen and oxygen atoms in total. The Morgan fingerprint density at radius 1 is 1.35 bits per heavy atom. The smallest absolute Gasteiger partial charge is 0.110 e. The first-order chi connectivity index (χ1) is 9.61. The number of imidazole rings is 1. The molecule has 2 aromatic rings. The van der Waals surface area contributed by atoms with E-state index in [2.05, 4.69) is 41.6 Å². The van der Waals surface area contributed by atoms with E-state index in [0.29, 0.717) is 5.41 Å². The van der Waals surface area contributed by atoms with E-state index in [1.807, 2.05) is 6.07 Å². The Morgan fingerprint density at radius 3 is 2.85 bits per heavy atom. The monoisotopic (exact) mass is 272 g/mol. The molecule has 2 heterocycles. The second kappa shape index (κ2) is 5.19. The number of rotatable bonds is 4. The molecule has 1 aliphatic rings. The Bertz CT molecular complexity index is 604.